The van der Waals surface area contributed by atoms with Crippen LogP contribution in [0.1, 0.15) is 6.42 Å². The topological polar surface area (TPSA) is 75.2 Å². The minimum absolute atomic E-state index is 0.625. The number of hydrogen-bond donors (Lipinski definition) is 2. The molecule has 1 atom stereocenters. The Morgan fingerprint density at radius 2 is 1.93 bits per heavy atom. The van der Waals surface area contributed by atoms with Crippen molar-refractivity contribution < 1.29 is 4.74 Å². The zero-order chi connectivity index (χ0) is 19.5. The molecule has 29 heavy (non-hydrogen) atoms. The number of nitrogens with zero attached hydrogens (tertiary/aromatic N) is 4. The third-order valence-corrected chi connectivity index (χ3v) is 5.72. The molecule has 4 heterocycles. The lowest BCUT2D eigenvalue weighted by Gasteiger charge is -2.28. The first kappa shape index (κ1) is 18.3. The molecule has 0 radical (unpaired) electrons. The van der Waals surface area contributed by atoms with Crippen LogP contribution in [0.2, 0.25) is 0 Å². The van der Waals surface area contributed by atoms with Gasteiger partial charge in [0, 0.05) is 43.3 Å². The largest absolute Gasteiger partial charge is 0.378 e. The summed E-state index contributed by atoms with van der Waals surface area (Å²) in [6.07, 6.45) is 4.65. The van der Waals surface area contributed by atoms with Crippen molar-refractivity contribution in [2.45, 2.75) is 6.42 Å². The molecule has 1 aromatic carbocycles. The van der Waals surface area contributed by atoms with E-state index in [-0.39, 0.29) is 0 Å². The number of benzene rings is 1. The maximum absolute atomic E-state index is 5.45. The first-order valence-electron chi connectivity index (χ1n) is 10.4. The van der Waals surface area contributed by atoms with E-state index in [4.69, 9.17) is 9.72 Å². The number of anilines is 2. The summed E-state index contributed by atoms with van der Waals surface area (Å²) in [6.45, 7) is 6.50. The second-order valence-electron chi connectivity index (χ2n) is 7.67. The minimum atomic E-state index is 0.625. The summed E-state index contributed by atoms with van der Waals surface area (Å²) in [4.78, 5) is 16.3. The van der Waals surface area contributed by atoms with Crippen LogP contribution in [0.25, 0.3) is 22.3 Å². The quantitative estimate of drug-likeness (QED) is 0.693. The highest BCUT2D eigenvalue weighted by atomic mass is 16.5. The summed E-state index contributed by atoms with van der Waals surface area (Å²) in [5.41, 5.74) is 4.91. The normalized spacial score (nSPS) is 19.6. The van der Waals surface area contributed by atoms with Gasteiger partial charge in [-0.1, -0.05) is 12.1 Å². The third kappa shape index (κ3) is 4.02. The zero-order valence-electron chi connectivity index (χ0n) is 16.5. The van der Waals surface area contributed by atoms with Crippen molar-refractivity contribution in [3.05, 3.63) is 42.7 Å². The van der Waals surface area contributed by atoms with Gasteiger partial charge in [-0.05, 0) is 43.6 Å². The van der Waals surface area contributed by atoms with Crippen molar-refractivity contribution >= 4 is 22.5 Å². The number of hydrogen-bond acceptors (Lipinski definition) is 7. The van der Waals surface area contributed by atoms with Gasteiger partial charge in [0.25, 0.3) is 0 Å². The molecule has 5 rings (SSSR count). The lowest BCUT2D eigenvalue weighted by atomic mass is 10.1. The molecule has 2 aliphatic heterocycles. The average molecular weight is 390 g/mol. The first-order valence-corrected chi connectivity index (χ1v) is 10.4. The number of morpholine rings is 1. The molecule has 3 aromatic rings. The zero-order valence-corrected chi connectivity index (χ0v) is 16.5. The number of rotatable bonds is 5. The lowest BCUT2D eigenvalue weighted by Crippen LogP contribution is -2.36. The molecular formula is C22H26N6O. The summed E-state index contributed by atoms with van der Waals surface area (Å²) >= 11 is 0. The van der Waals surface area contributed by atoms with Gasteiger partial charge < -0.3 is 20.3 Å². The molecule has 0 unspecified atom stereocenters. The van der Waals surface area contributed by atoms with Crippen molar-refractivity contribution in [1.82, 2.24) is 20.3 Å². The van der Waals surface area contributed by atoms with Crippen molar-refractivity contribution in [3.8, 4) is 11.3 Å². The molecule has 0 aliphatic carbocycles. The van der Waals surface area contributed by atoms with Gasteiger partial charge in [0.1, 0.15) is 5.52 Å². The fourth-order valence-corrected chi connectivity index (χ4v) is 4.04. The molecular weight excluding hydrogens is 364 g/mol. The van der Waals surface area contributed by atoms with E-state index in [2.05, 4.69) is 49.8 Å². The molecule has 150 valence electrons. The monoisotopic (exact) mass is 390 g/mol. The molecule has 2 N–H and O–H groups in total. The van der Waals surface area contributed by atoms with Gasteiger partial charge in [0.2, 0.25) is 0 Å². The Hall–Kier alpha value is -2.77. The van der Waals surface area contributed by atoms with Gasteiger partial charge in [0.05, 0.1) is 24.4 Å². The first-order chi connectivity index (χ1) is 14.4. The van der Waals surface area contributed by atoms with Crippen LogP contribution in [0.4, 0.5) is 11.5 Å². The Bertz CT molecular complexity index is 965. The lowest BCUT2D eigenvalue weighted by molar-refractivity contribution is 0.122. The van der Waals surface area contributed by atoms with E-state index in [9.17, 15) is 0 Å². The fraction of sp³-hybridized carbons (Fsp3) is 0.409. The highest BCUT2D eigenvalue weighted by Crippen LogP contribution is 2.27. The highest BCUT2D eigenvalue weighted by molar-refractivity contribution is 5.88. The minimum Gasteiger partial charge on any atom is -0.378 e. The summed E-state index contributed by atoms with van der Waals surface area (Å²) in [7, 11) is 0. The van der Waals surface area contributed by atoms with Gasteiger partial charge >= 0.3 is 0 Å². The van der Waals surface area contributed by atoms with Gasteiger partial charge in [-0.2, -0.15) is 0 Å². The second-order valence-corrected chi connectivity index (χ2v) is 7.67. The molecule has 0 saturated carbocycles. The Morgan fingerprint density at radius 3 is 2.72 bits per heavy atom. The van der Waals surface area contributed by atoms with E-state index in [0.29, 0.717) is 5.92 Å². The Kier molecular flexibility index (Phi) is 5.23. The van der Waals surface area contributed by atoms with Crippen molar-refractivity contribution in [3.63, 3.8) is 0 Å². The van der Waals surface area contributed by atoms with Gasteiger partial charge in [-0.3, -0.25) is 4.98 Å². The van der Waals surface area contributed by atoms with Gasteiger partial charge in [-0.25, -0.2) is 9.97 Å². The molecule has 2 saturated heterocycles. The number of fused-ring (bicyclic) bond motifs is 1. The molecule has 2 aliphatic rings. The third-order valence-electron chi connectivity index (χ3n) is 5.72. The molecule has 0 amide bonds. The van der Waals surface area contributed by atoms with E-state index in [1.54, 1.807) is 12.4 Å². The maximum atomic E-state index is 5.45. The van der Waals surface area contributed by atoms with Crippen molar-refractivity contribution in [1.29, 1.82) is 0 Å². The summed E-state index contributed by atoms with van der Waals surface area (Å²) in [6, 6.07) is 10.6. The molecule has 2 aromatic heterocycles. The van der Waals surface area contributed by atoms with E-state index in [0.717, 1.165) is 74.0 Å². The second kappa shape index (κ2) is 8.31. The number of aromatic nitrogens is 3. The Balaban J connectivity index is 1.43. The van der Waals surface area contributed by atoms with Crippen LogP contribution in [0.3, 0.4) is 0 Å². The molecule has 0 spiro atoms. The van der Waals surface area contributed by atoms with Crippen LogP contribution in [0.15, 0.2) is 42.7 Å². The van der Waals surface area contributed by atoms with Gasteiger partial charge in [0.15, 0.2) is 5.82 Å². The summed E-state index contributed by atoms with van der Waals surface area (Å²) in [5.74, 6) is 1.44. The highest BCUT2D eigenvalue weighted by Gasteiger charge is 2.16. The number of ether oxygens (including phenoxy) is 1. The maximum Gasteiger partial charge on any atom is 0.154 e. The molecule has 7 heteroatoms. The van der Waals surface area contributed by atoms with Crippen molar-refractivity contribution in [2.75, 3.05) is 56.2 Å². The van der Waals surface area contributed by atoms with E-state index in [1.165, 1.54) is 12.1 Å². The standard InChI is InChI=1S/C22H26N6O/c1-3-18(28-9-11-29-12-10-28)4-2-17(1)19-13-20-21(25-8-7-24-20)22(27-19)26-15-16-5-6-23-14-16/h1-4,7-8,13,16,23H,5-6,9-12,14-15H2,(H,26,27)/t16-/m0/s1. The average Bonchev–Trinajstić information content (AvgIpc) is 3.32. The SMILES string of the molecule is c1cnc2c(NC[C@H]3CCNC3)nc(-c3ccc(N4CCOCC4)cc3)cc2n1. The Morgan fingerprint density at radius 1 is 1.10 bits per heavy atom. The molecule has 0 bridgehead atoms. The predicted octanol–water partition coefficient (Wildman–Crippen LogP) is 2.55. The fourth-order valence-electron chi connectivity index (χ4n) is 4.04. The summed E-state index contributed by atoms with van der Waals surface area (Å²) in [5, 5.41) is 6.94. The van der Waals surface area contributed by atoms with Gasteiger partial charge in [-0.15, -0.1) is 0 Å². The van der Waals surface area contributed by atoms with E-state index >= 15 is 0 Å². The molecule has 2 fully saturated rings. The van der Waals surface area contributed by atoms with Crippen LogP contribution >= 0.6 is 0 Å². The van der Waals surface area contributed by atoms with Crippen LogP contribution in [0.5, 0.6) is 0 Å². The van der Waals surface area contributed by atoms with Crippen LogP contribution < -0.4 is 15.5 Å². The molecule has 7 nitrogen and oxygen atoms in total. The van der Waals surface area contributed by atoms with Crippen LogP contribution in [0, 0.1) is 5.92 Å². The van der Waals surface area contributed by atoms with Crippen molar-refractivity contribution in [2.24, 2.45) is 5.92 Å². The smallest absolute Gasteiger partial charge is 0.154 e. The predicted molar refractivity (Wildman–Crippen MR) is 115 cm³/mol. The van der Waals surface area contributed by atoms with E-state index in [1.807, 2.05) is 6.07 Å². The van der Waals surface area contributed by atoms with E-state index < -0.39 is 0 Å². The summed E-state index contributed by atoms with van der Waals surface area (Å²) < 4.78 is 5.45. The Labute approximate surface area is 170 Å². The van der Waals surface area contributed by atoms with Crippen LogP contribution in [-0.4, -0.2) is 60.9 Å². The van der Waals surface area contributed by atoms with Crippen LogP contribution in [-0.2, 0) is 4.74 Å². The number of nitrogens with one attached hydrogen (secondary N) is 2. The number of pyridine rings is 1.